The van der Waals surface area contributed by atoms with Gasteiger partial charge in [-0.25, -0.2) is 37.5 Å². The minimum Gasteiger partial charge on any atom is -0.494 e. The molecule has 0 spiro atoms. The molecule has 0 atom stereocenters. The van der Waals surface area contributed by atoms with Crippen molar-refractivity contribution < 1.29 is 49.8 Å². The first-order valence-electron chi connectivity index (χ1n) is 24.9. The van der Waals surface area contributed by atoms with Gasteiger partial charge in [0.25, 0.3) is 0 Å². The second kappa shape index (κ2) is 24.4. The number of likely N-dealkylation sites (N-methyl/N-ethyl adjacent to an activating group) is 4. The predicted octanol–water partition coefficient (Wildman–Crippen LogP) is 10.5. The number of hydrogen-bond acceptors (Lipinski definition) is 14. The van der Waals surface area contributed by atoms with Crippen LogP contribution in [0.2, 0.25) is 0 Å². The molecule has 2 amide bonds. The summed E-state index contributed by atoms with van der Waals surface area (Å²) in [6.07, 6.45) is 2.54. The molecule has 18 nitrogen and oxygen atoms in total. The first kappa shape index (κ1) is 57.9. The molecule has 4 aromatic carbocycles. The molecule has 81 heavy (non-hydrogen) atoms. The number of ether oxygens (including phenoxy) is 2. The Bertz CT molecular complexity index is 3680. The lowest BCUT2D eigenvalue weighted by Gasteiger charge is -2.27. The molecule has 0 aliphatic rings. The summed E-state index contributed by atoms with van der Waals surface area (Å²) in [5.41, 5.74) is 1.06. The number of H-pyrrole nitrogens is 2. The number of benzene rings is 4. The maximum absolute atomic E-state index is 16.7. The van der Waals surface area contributed by atoms with Crippen molar-refractivity contribution in [2.24, 2.45) is 0 Å². The zero-order valence-electron chi connectivity index (χ0n) is 45.1. The van der Waals surface area contributed by atoms with Gasteiger partial charge in [0.05, 0.1) is 70.8 Å². The molecule has 0 aliphatic carbocycles. The number of rotatable bonds is 23. The van der Waals surface area contributed by atoms with E-state index in [4.69, 9.17) is 14.5 Å². The molecule has 0 aliphatic heterocycles. The topological polar surface area (TPSA) is 197 Å². The number of carbonyl (C=O) groups excluding carboxylic acids is 2. The molecule has 0 saturated heterocycles. The van der Waals surface area contributed by atoms with Crippen LogP contribution in [0.1, 0.15) is 11.1 Å². The fourth-order valence-corrected chi connectivity index (χ4v) is 8.93. The summed E-state index contributed by atoms with van der Waals surface area (Å²) in [7, 11) is 12.3. The van der Waals surface area contributed by atoms with Crippen LogP contribution in [0.25, 0.3) is 44.3 Å². The molecule has 4 aromatic heterocycles. The van der Waals surface area contributed by atoms with Gasteiger partial charge in [-0.05, 0) is 76.1 Å². The number of fused-ring (bicyclic) bond motifs is 2. The van der Waals surface area contributed by atoms with Crippen molar-refractivity contribution in [2.75, 3.05) is 113 Å². The van der Waals surface area contributed by atoms with E-state index in [1.54, 1.807) is 50.6 Å². The van der Waals surface area contributed by atoms with E-state index in [1.165, 1.54) is 51.0 Å². The van der Waals surface area contributed by atoms with Gasteiger partial charge in [0, 0.05) is 111 Å². The summed E-state index contributed by atoms with van der Waals surface area (Å²) >= 11 is 0. The molecule has 424 valence electrons. The molecule has 8 aromatic rings. The number of alkyl halides is 3. The van der Waals surface area contributed by atoms with Crippen LogP contribution < -0.4 is 40.5 Å². The molecular formula is C56H57F7N14O4. The van der Waals surface area contributed by atoms with Crippen molar-refractivity contribution in [3.05, 3.63) is 133 Å². The Hall–Kier alpha value is -9.23. The van der Waals surface area contributed by atoms with Crippen molar-refractivity contribution in [2.45, 2.75) is 12.6 Å². The van der Waals surface area contributed by atoms with Gasteiger partial charge in [0.15, 0.2) is 5.82 Å². The van der Waals surface area contributed by atoms with E-state index >= 15 is 8.78 Å². The minimum absolute atomic E-state index is 0.00888. The van der Waals surface area contributed by atoms with Gasteiger partial charge in [-0.1, -0.05) is 13.2 Å². The smallest absolute Gasteiger partial charge is 0.422 e. The number of methoxy groups -OCH3 is 2. The standard InChI is InChI=1S/C56H57F7N14O4/c1-10-47(78)68-38-24-41(45(80-8)26-43(38)76(6)20-18-74(3)4)73-55-65-16-13-37(71-55)33-29-66-42-23-34(57)30(51(59)49(33)42)14-17-75(5)19-21-77(7)44-27-46(81-9)40(25-39(44)69-48(79)11-2)72-54-64-15-12-36(70-54)32-28-67-53-31(32)22-35(58)50(52(53)60)56(61,62)63/h10-13,15-16,22-29,66-67H,1-2,14,17-21H2,3-9H3,(H,68,78)(H,69,79)(H,64,70,72)(H,65,71,73). The summed E-state index contributed by atoms with van der Waals surface area (Å²) in [5.74, 6) is -5.26. The minimum atomic E-state index is -5.27. The van der Waals surface area contributed by atoms with Crippen LogP contribution in [-0.2, 0) is 22.2 Å². The van der Waals surface area contributed by atoms with E-state index in [0.717, 1.165) is 12.6 Å². The molecule has 25 heteroatoms. The lowest BCUT2D eigenvalue weighted by Crippen LogP contribution is -2.32. The second-order valence-electron chi connectivity index (χ2n) is 19.0. The van der Waals surface area contributed by atoms with Crippen molar-refractivity contribution in [1.29, 1.82) is 0 Å². The summed E-state index contributed by atoms with van der Waals surface area (Å²) < 4.78 is 114. The normalized spacial score (nSPS) is 11.6. The lowest BCUT2D eigenvalue weighted by atomic mass is 10.0. The number of halogens is 7. The van der Waals surface area contributed by atoms with Crippen LogP contribution in [0.15, 0.2) is 98.6 Å². The first-order valence-corrected chi connectivity index (χ1v) is 24.9. The maximum atomic E-state index is 16.7. The molecule has 0 radical (unpaired) electrons. The number of anilines is 8. The fraction of sp³-hybridized carbons (Fsp3) is 0.250. The molecular weight excluding hydrogens is 1070 g/mol. The summed E-state index contributed by atoms with van der Waals surface area (Å²) in [5, 5.41) is 11.8. The van der Waals surface area contributed by atoms with Gasteiger partial charge < -0.3 is 60.3 Å². The van der Waals surface area contributed by atoms with Crippen LogP contribution in [-0.4, -0.2) is 134 Å². The lowest BCUT2D eigenvalue weighted by molar-refractivity contribution is -0.142. The Labute approximate surface area is 460 Å². The van der Waals surface area contributed by atoms with Crippen LogP contribution in [0.5, 0.6) is 11.5 Å². The van der Waals surface area contributed by atoms with E-state index in [9.17, 15) is 31.5 Å². The quantitative estimate of drug-likeness (QED) is 0.0261. The molecule has 0 bridgehead atoms. The number of aromatic amines is 2. The zero-order chi connectivity index (χ0) is 58.4. The monoisotopic (exact) mass is 1120 g/mol. The molecule has 0 unspecified atom stereocenters. The molecule has 8 rings (SSSR count). The van der Waals surface area contributed by atoms with Gasteiger partial charge >= 0.3 is 6.18 Å². The van der Waals surface area contributed by atoms with Gasteiger partial charge in [-0.2, -0.15) is 13.2 Å². The third kappa shape index (κ3) is 12.8. The highest BCUT2D eigenvalue weighted by molar-refractivity contribution is 6.03. The third-order valence-electron chi connectivity index (χ3n) is 13.3. The van der Waals surface area contributed by atoms with Gasteiger partial charge in [0.1, 0.15) is 34.5 Å². The Morgan fingerprint density at radius 2 is 1.19 bits per heavy atom. The second-order valence-corrected chi connectivity index (χ2v) is 19.0. The van der Waals surface area contributed by atoms with Gasteiger partial charge in [-0.3, -0.25) is 9.59 Å². The number of amides is 2. The zero-order valence-corrected chi connectivity index (χ0v) is 45.1. The maximum Gasteiger partial charge on any atom is 0.422 e. The number of nitrogens with one attached hydrogen (secondary N) is 6. The van der Waals surface area contributed by atoms with Crippen LogP contribution >= 0.6 is 0 Å². The Morgan fingerprint density at radius 1 is 0.654 bits per heavy atom. The van der Waals surface area contributed by atoms with Crippen molar-refractivity contribution in [3.8, 4) is 34.0 Å². The predicted molar refractivity (Wildman–Crippen MR) is 300 cm³/mol. The van der Waals surface area contributed by atoms with E-state index in [-0.39, 0.29) is 69.4 Å². The van der Waals surface area contributed by atoms with Crippen molar-refractivity contribution in [3.63, 3.8) is 0 Å². The summed E-state index contributed by atoms with van der Waals surface area (Å²) in [6.45, 7) is 9.48. The SMILES string of the molecule is C=CC(=O)Nc1cc(Nc2nccc(-c3c[nH]c4cc(F)c(CCN(C)CCN(C)c5cc(OC)c(Nc6nccc(-c7c[nH]c8c(F)c(C(F)(F)F)c(F)cc78)n6)cc5NC(=O)C=C)c(F)c34)n2)c(OC)cc1N(C)CCN(C)C. The van der Waals surface area contributed by atoms with Crippen molar-refractivity contribution >= 4 is 79.6 Å². The number of nitrogens with zero attached hydrogens (tertiary/aromatic N) is 8. The van der Waals surface area contributed by atoms with E-state index in [2.05, 4.69) is 59.3 Å². The highest BCUT2D eigenvalue weighted by Crippen LogP contribution is 2.42. The average molecular weight is 1120 g/mol. The van der Waals surface area contributed by atoms with Crippen LogP contribution in [0.4, 0.5) is 76.8 Å². The van der Waals surface area contributed by atoms with Gasteiger partial charge in [-0.15, -0.1) is 0 Å². The summed E-state index contributed by atoms with van der Waals surface area (Å²) in [6, 6.07) is 11.5. The third-order valence-corrected chi connectivity index (χ3v) is 13.3. The largest absolute Gasteiger partial charge is 0.494 e. The Kier molecular flexibility index (Phi) is 17.5. The van der Waals surface area contributed by atoms with Gasteiger partial charge in [0.2, 0.25) is 23.7 Å². The molecule has 6 N–H and O–H groups in total. The Morgan fingerprint density at radius 3 is 1.70 bits per heavy atom. The average Bonchev–Trinajstić information content (AvgIpc) is 4.24. The number of hydrogen-bond donors (Lipinski definition) is 6. The van der Waals surface area contributed by atoms with E-state index in [0.29, 0.717) is 71.1 Å². The number of carbonyl (C=O) groups is 2. The Balaban J connectivity index is 0.974. The highest BCUT2D eigenvalue weighted by Gasteiger charge is 2.39. The number of aromatic nitrogens is 6. The van der Waals surface area contributed by atoms with Crippen LogP contribution in [0, 0.1) is 23.3 Å². The molecule has 0 fully saturated rings. The molecule has 4 heterocycles. The van der Waals surface area contributed by atoms with E-state index < -0.39 is 52.3 Å². The van der Waals surface area contributed by atoms with Crippen LogP contribution in [0.3, 0.4) is 0 Å². The fourth-order valence-electron chi connectivity index (χ4n) is 8.93. The van der Waals surface area contributed by atoms with Crippen molar-refractivity contribution in [1.82, 2.24) is 39.7 Å². The molecule has 0 saturated carbocycles. The van der Waals surface area contributed by atoms with E-state index in [1.807, 2.05) is 40.7 Å². The summed E-state index contributed by atoms with van der Waals surface area (Å²) in [4.78, 5) is 56.2. The first-order chi connectivity index (χ1) is 38.6. The highest BCUT2D eigenvalue weighted by atomic mass is 19.4.